The number of hydrogen-bond donors (Lipinski definition) is 0. The van der Waals surface area contributed by atoms with Crippen LogP contribution < -0.4 is 0 Å². The second-order valence-electron chi connectivity index (χ2n) is 4.61. The Kier molecular flexibility index (Phi) is 3.22. The van der Waals surface area contributed by atoms with Crippen molar-refractivity contribution in [1.82, 2.24) is 0 Å². The Bertz CT molecular complexity index is 360. The Hall–Kier alpha value is -1.32. The van der Waals surface area contributed by atoms with Crippen molar-refractivity contribution in [2.24, 2.45) is 23.7 Å². The average molecular weight is 238 g/mol. The van der Waals surface area contributed by atoms with E-state index in [2.05, 4.69) is 6.58 Å². The molecule has 0 aromatic heterocycles. The van der Waals surface area contributed by atoms with Crippen molar-refractivity contribution < 1.29 is 19.1 Å². The molecule has 94 valence electrons. The fraction of sp³-hybridized carbons (Fsp3) is 0.692. The Morgan fingerprint density at radius 1 is 1.24 bits per heavy atom. The van der Waals surface area contributed by atoms with Gasteiger partial charge in [0, 0.05) is 0 Å². The van der Waals surface area contributed by atoms with Crippen molar-refractivity contribution in [3.8, 4) is 0 Å². The van der Waals surface area contributed by atoms with Crippen molar-refractivity contribution in [1.29, 1.82) is 0 Å². The largest absolute Gasteiger partial charge is 0.466 e. The van der Waals surface area contributed by atoms with Crippen LogP contribution in [0.5, 0.6) is 0 Å². The van der Waals surface area contributed by atoms with E-state index in [0.717, 1.165) is 12.0 Å². The number of carbonyl (C=O) groups is 2. The number of rotatable bonds is 4. The zero-order valence-electron chi connectivity index (χ0n) is 10.3. The third-order valence-electron chi connectivity index (χ3n) is 3.65. The van der Waals surface area contributed by atoms with Gasteiger partial charge in [-0.3, -0.25) is 9.59 Å². The van der Waals surface area contributed by atoms with Crippen LogP contribution in [-0.4, -0.2) is 25.2 Å². The highest BCUT2D eigenvalue weighted by atomic mass is 16.5. The molecule has 0 amide bonds. The summed E-state index contributed by atoms with van der Waals surface area (Å²) in [4.78, 5) is 23.4. The van der Waals surface area contributed by atoms with E-state index < -0.39 is 0 Å². The lowest BCUT2D eigenvalue weighted by Crippen LogP contribution is -2.22. The molecule has 2 rings (SSSR count). The first-order valence-corrected chi connectivity index (χ1v) is 6.12. The van der Waals surface area contributed by atoms with Crippen molar-refractivity contribution in [2.45, 2.75) is 20.3 Å². The van der Waals surface area contributed by atoms with Crippen molar-refractivity contribution >= 4 is 11.9 Å². The van der Waals surface area contributed by atoms with Gasteiger partial charge in [-0.1, -0.05) is 12.2 Å². The molecule has 4 heteroatoms. The van der Waals surface area contributed by atoms with Gasteiger partial charge in [-0.15, -0.1) is 0 Å². The second-order valence-corrected chi connectivity index (χ2v) is 4.61. The first kappa shape index (κ1) is 12.1. The first-order valence-electron chi connectivity index (χ1n) is 6.12. The van der Waals surface area contributed by atoms with Crippen LogP contribution in [0.25, 0.3) is 0 Å². The van der Waals surface area contributed by atoms with Crippen LogP contribution in [0.2, 0.25) is 0 Å². The minimum absolute atomic E-state index is 0.0700. The molecule has 0 aliphatic heterocycles. The van der Waals surface area contributed by atoms with Crippen molar-refractivity contribution in [2.75, 3.05) is 13.2 Å². The van der Waals surface area contributed by atoms with Gasteiger partial charge < -0.3 is 9.47 Å². The fourth-order valence-corrected chi connectivity index (χ4v) is 2.95. The molecule has 0 saturated heterocycles. The first-order chi connectivity index (χ1) is 8.11. The van der Waals surface area contributed by atoms with Crippen molar-refractivity contribution in [3.05, 3.63) is 12.2 Å². The summed E-state index contributed by atoms with van der Waals surface area (Å²) in [5.41, 5.74) is 0.902. The molecule has 0 aromatic rings. The predicted molar refractivity (Wildman–Crippen MR) is 61.0 cm³/mol. The molecule has 2 aliphatic carbocycles. The molecule has 0 heterocycles. The lowest BCUT2D eigenvalue weighted by molar-refractivity contribution is -0.148. The molecule has 2 fully saturated rings. The van der Waals surface area contributed by atoms with E-state index in [4.69, 9.17) is 9.47 Å². The summed E-state index contributed by atoms with van der Waals surface area (Å²) in [5, 5.41) is 0. The van der Waals surface area contributed by atoms with Gasteiger partial charge in [-0.25, -0.2) is 0 Å². The molecule has 0 N–H and O–H groups in total. The highest BCUT2D eigenvalue weighted by Gasteiger charge is 2.65. The zero-order valence-corrected chi connectivity index (χ0v) is 10.3. The number of esters is 2. The predicted octanol–water partition coefficient (Wildman–Crippen LogP) is 1.55. The maximum atomic E-state index is 11.8. The quantitative estimate of drug-likeness (QED) is 0.551. The third-order valence-corrected chi connectivity index (χ3v) is 3.65. The number of ether oxygens (including phenoxy) is 2. The highest BCUT2D eigenvalue weighted by Crippen LogP contribution is 2.62. The monoisotopic (exact) mass is 238 g/mol. The highest BCUT2D eigenvalue weighted by molar-refractivity contribution is 5.84. The number of carbonyl (C=O) groups excluding carboxylic acids is 2. The van der Waals surface area contributed by atoms with Crippen LogP contribution in [-0.2, 0) is 19.1 Å². The van der Waals surface area contributed by atoms with Crippen LogP contribution in [0.4, 0.5) is 0 Å². The third kappa shape index (κ3) is 1.96. The van der Waals surface area contributed by atoms with E-state index in [1.165, 1.54) is 0 Å². The van der Waals surface area contributed by atoms with Crippen LogP contribution in [0.1, 0.15) is 20.3 Å². The van der Waals surface area contributed by atoms with Crippen LogP contribution in [0.3, 0.4) is 0 Å². The van der Waals surface area contributed by atoms with E-state index in [-0.39, 0.29) is 35.6 Å². The molecular weight excluding hydrogens is 220 g/mol. The lowest BCUT2D eigenvalue weighted by Gasteiger charge is -2.14. The molecule has 0 bridgehead atoms. The molecule has 4 unspecified atom stereocenters. The van der Waals surface area contributed by atoms with Gasteiger partial charge in [0.05, 0.1) is 25.0 Å². The van der Waals surface area contributed by atoms with Gasteiger partial charge in [-0.2, -0.15) is 0 Å². The van der Waals surface area contributed by atoms with Gasteiger partial charge in [0.15, 0.2) is 0 Å². The summed E-state index contributed by atoms with van der Waals surface area (Å²) in [6.07, 6.45) is 0.748. The summed E-state index contributed by atoms with van der Waals surface area (Å²) < 4.78 is 10.0. The van der Waals surface area contributed by atoms with Crippen molar-refractivity contribution in [3.63, 3.8) is 0 Å². The number of fused-ring (bicyclic) bond motifs is 1. The lowest BCUT2D eigenvalue weighted by atomic mass is 9.96. The van der Waals surface area contributed by atoms with E-state index in [9.17, 15) is 9.59 Å². The van der Waals surface area contributed by atoms with Crippen LogP contribution in [0, 0.1) is 23.7 Å². The topological polar surface area (TPSA) is 52.6 Å². The average Bonchev–Trinajstić information content (AvgIpc) is 2.83. The Morgan fingerprint density at radius 3 is 2.41 bits per heavy atom. The molecule has 4 atom stereocenters. The molecule has 2 saturated carbocycles. The maximum Gasteiger partial charge on any atom is 0.313 e. The summed E-state index contributed by atoms with van der Waals surface area (Å²) in [7, 11) is 0. The fourth-order valence-electron chi connectivity index (χ4n) is 2.95. The van der Waals surface area contributed by atoms with E-state index in [1.807, 2.05) is 0 Å². The molecular formula is C13H18O4. The van der Waals surface area contributed by atoms with E-state index in [0.29, 0.717) is 13.2 Å². The second kappa shape index (κ2) is 4.51. The maximum absolute atomic E-state index is 11.8. The summed E-state index contributed by atoms with van der Waals surface area (Å²) in [6.45, 7) is 8.23. The number of hydrogen-bond acceptors (Lipinski definition) is 4. The molecule has 0 radical (unpaired) electrons. The minimum Gasteiger partial charge on any atom is -0.466 e. The Balaban J connectivity index is 2.02. The van der Waals surface area contributed by atoms with Gasteiger partial charge in [0.25, 0.3) is 0 Å². The summed E-state index contributed by atoms with van der Waals surface area (Å²) in [5.74, 6) is -0.512. The minimum atomic E-state index is -0.297. The molecule has 4 nitrogen and oxygen atoms in total. The summed E-state index contributed by atoms with van der Waals surface area (Å²) in [6, 6.07) is 0. The summed E-state index contributed by atoms with van der Waals surface area (Å²) >= 11 is 0. The normalized spacial score (nSPS) is 34.1. The smallest absolute Gasteiger partial charge is 0.313 e. The van der Waals surface area contributed by atoms with Gasteiger partial charge in [0.1, 0.15) is 0 Å². The van der Waals surface area contributed by atoms with Gasteiger partial charge >= 0.3 is 11.9 Å². The van der Waals surface area contributed by atoms with Gasteiger partial charge in [0.2, 0.25) is 0 Å². The van der Waals surface area contributed by atoms with E-state index >= 15 is 0 Å². The SMILES string of the molecule is C=C1CC2C(C(=O)OCC)C2C1C(=O)OCC. The molecule has 0 aromatic carbocycles. The Morgan fingerprint density at radius 2 is 1.82 bits per heavy atom. The standard InChI is InChI=1S/C13H18O4/c1-4-16-12(14)9-7(3)6-8-10(9)11(8)13(15)17-5-2/h8-11H,3-6H2,1-2H3. The molecule has 0 spiro atoms. The zero-order chi connectivity index (χ0) is 12.6. The molecule has 17 heavy (non-hydrogen) atoms. The molecule has 2 aliphatic rings. The van der Waals surface area contributed by atoms with Gasteiger partial charge in [-0.05, 0) is 32.1 Å². The van der Waals surface area contributed by atoms with E-state index in [1.54, 1.807) is 13.8 Å². The van der Waals surface area contributed by atoms with Crippen LogP contribution in [0.15, 0.2) is 12.2 Å². The van der Waals surface area contributed by atoms with Crippen LogP contribution >= 0.6 is 0 Å². The Labute approximate surface area is 101 Å².